The fourth-order valence-corrected chi connectivity index (χ4v) is 3.76. The standard InChI is InChI=1S/C16H18N2O5S/c1-24(21,22)18-8-4-6-12(10-18)17-15(19)13-9-11-5-2-3-7-14(11)23-16(13)20/h2-3,5,7,9,12H,4,6,8,10H2,1H3,(H,17,19). The van der Waals surface area contributed by atoms with Gasteiger partial charge in [0.05, 0.1) is 6.26 Å². The van der Waals surface area contributed by atoms with Gasteiger partial charge in [-0.15, -0.1) is 0 Å². The highest BCUT2D eigenvalue weighted by Crippen LogP contribution is 2.15. The molecule has 8 heteroatoms. The SMILES string of the molecule is CS(=O)(=O)N1CCCC(NC(=O)c2cc3ccccc3oc2=O)C1. The third-order valence-corrected chi connectivity index (χ3v) is 5.34. The first kappa shape index (κ1) is 16.7. The quantitative estimate of drug-likeness (QED) is 0.831. The lowest BCUT2D eigenvalue weighted by Gasteiger charge is -2.31. The molecule has 24 heavy (non-hydrogen) atoms. The fraction of sp³-hybridized carbons (Fsp3) is 0.375. The van der Waals surface area contributed by atoms with Gasteiger partial charge < -0.3 is 9.73 Å². The van der Waals surface area contributed by atoms with Crippen molar-refractivity contribution in [2.45, 2.75) is 18.9 Å². The molecule has 1 fully saturated rings. The molecule has 0 radical (unpaired) electrons. The molecule has 7 nitrogen and oxygen atoms in total. The molecule has 2 aromatic rings. The molecule has 3 rings (SSSR count). The van der Waals surface area contributed by atoms with Crippen molar-refractivity contribution in [3.8, 4) is 0 Å². The number of para-hydroxylation sites is 1. The van der Waals surface area contributed by atoms with Crippen molar-refractivity contribution < 1.29 is 17.6 Å². The van der Waals surface area contributed by atoms with Crippen LogP contribution in [0.1, 0.15) is 23.2 Å². The van der Waals surface area contributed by atoms with E-state index in [1.807, 2.05) is 0 Å². The molecule has 0 spiro atoms. The Bertz CT molecular complexity index is 935. The van der Waals surface area contributed by atoms with Crippen molar-refractivity contribution in [2.24, 2.45) is 0 Å². The number of nitrogens with zero attached hydrogens (tertiary/aromatic N) is 1. The minimum Gasteiger partial charge on any atom is -0.422 e. The maximum Gasteiger partial charge on any atom is 0.349 e. The van der Waals surface area contributed by atoms with E-state index >= 15 is 0 Å². The Morgan fingerprint density at radius 1 is 1.33 bits per heavy atom. The number of carbonyl (C=O) groups is 1. The third-order valence-electron chi connectivity index (χ3n) is 4.07. The molecule has 2 heterocycles. The van der Waals surface area contributed by atoms with Crippen LogP contribution in [-0.2, 0) is 10.0 Å². The summed E-state index contributed by atoms with van der Waals surface area (Å²) in [6.45, 7) is 0.660. The highest BCUT2D eigenvalue weighted by atomic mass is 32.2. The summed E-state index contributed by atoms with van der Waals surface area (Å²) in [5.41, 5.74) is -0.368. The number of fused-ring (bicyclic) bond motifs is 1. The van der Waals surface area contributed by atoms with E-state index in [1.165, 1.54) is 10.4 Å². The molecular formula is C16H18N2O5S. The normalized spacial score (nSPS) is 19.3. The minimum atomic E-state index is -3.29. The summed E-state index contributed by atoms with van der Waals surface area (Å²) in [5.74, 6) is -0.546. The summed E-state index contributed by atoms with van der Waals surface area (Å²) < 4.78 is 29.8. The third kappa shape index (κ3) is 3.49. The Kier molecular flexibility index (Phi) is 4.42. The molecule has 1 aromatic carbocycles. The monoisotopic (exact) mass is 350 g/mol. The largest absolute Gasteiger partial charge is 0.422 e. The fourth-order valence-electron chi connectivity index (χ4n) is 2.84. The predicted molar refractivity (Wildman–Crippen MR) is 89.4 cm³/mol. The molecule has 1 amide bonds. The van der Waals surface area contributed by atoms with Crippen molar-refractivity contribution in [1.82, 2.24) is 9.62 Å². The summed E-state index contributed by atoms with van der Waals surface area (Å²) in [7, 11) is -3.29. The highest BCUT2D eigenvalue weighted by molar-refractivity contribution is 7.88. The van der Waals surface area contributed by atoms with Crippen LogP contribution in [0.3, 0.4) is 0 Å². The zero-order chi connectivity index (χ0) is 17.3. The molecule has 1 aromatic heterocycles. The van der Waals surface area contributed by atoms with Gasteiger partial charge >= 0.3 is 5.63 Å². The van der Waals surface area contributed by atoms with E-state index in [9.17, 15) is 18.0 Å². The van der Waals surface area contributed by atoms with Crippen LogP contribution in [0, 0.1) is 0 Å². The number of benzene rings is 1. The lowest BCUT2D eigenvalue weighted by molar-refractivity contribution is 0.0918. The van der Waals surface area contributed by atoms with E-state index in [2.05, 4.69) is 5.32 Å². The Morgan fingerprint density at radius 3 is 2.83 bits per heavy atom. The lowest BCUT2D eigenvalue weighted by Crippen LogP contribution is -2.49. The summed E-state index contributed by atoms with van der Waals surface area (Å²) in [4.78, 5) is 24.4. The Labute approximate surface area is 139 Å². The predicted octanol–water partition coefficient (Wildman–Crippen LogP) is 0.947. The van der Waals surface area contributed by atoms with Gasteiger partial charge in [0, 0.05) is 24.5 Å². The van der Waals surface area contributed by atoms with Crippen molar-refractivity contribution in [3.63, 3.8) is 0 Å². The van der Waals surface area contributed by atoms with E-state index < -0.39 is 21.6 Å². The number of rotatable bonds is 3. The van der Waals surface area contributed by atoms with E-state index in [4.69, 9.17) is 4.42 Å². The van der Waals surface area contributed by atoms with Crippen molar-refractivity contribution >= 4 is 26.9 Å². The van der Waals surface area contributed by atoms with Gasteiger partial charge in [-0.05, 0) is 25.0 Å². The van der Waals surface area contributed by atoms with E-state index in [-0.39, 0.29) is 18.2 Å². The van der Waals surface area contributed by atoms with Crippen LogP contribution in [-0.4, -0.2) is 44.0 Å². The molecule has 1 aliphatic heterocycles. The van der Waals surface area contributed by atoms with Crippen molar-refractivity contribution in [1.29, 1.82) is 0 Å². The van der Waals surface area contributed by atoms with Crippen LogP contribution in [0.25, 0.3) is 11.0 Å². The van der Waals surface area contributed by atoms with E-state index in [1.54, 1.807) is 24.3 Å². The zero-order valence-electron chi connectivity index (χ0n) is 13.2. The molecule has 1 saturated heterocycles. The van der Waals surface area contributed by atoms with Gasteiger partial charge in [-0.1, -0.05) is 18.2 Å². The average Bonchev–Trinajstić information content (AvgIpc) is 2.53. The summed E-state index contributed by atoms with van der Waals surface area (Å²) in [6, 6.07) is 8.10. The number of amides is 1. The topological polar surface area (TPSA) is 96.7 Å². The van der Waals surface area contributed by atoms with Gasteiger partial charge in [0.15, 0.2) is 0 Å². The van der Waals surface area contributed by atoms with Crippen LogP contribution in [0.15, 0.2) is 39.5 Å². The number of piperidine rings is 1. The average molecular weight is 350 g/mol. The maximum absolute atomic E-state index is 12.4. The molecule has 1 unspecified atom stereocenters. The Balaban J connectivity index is 1.80. The number of hydrogen-bond donors (Lipinski definition) is 1. The van der Waals surface area contributed by atoms with Crippen LogP contribution < -0.4 is 10.9 Å². The molecule has 0 bridgehead atoms. The molecule has 0 saturated carbocycles. The van der Waals surface area contributed by atoms with Crippen LogP contribution >= 0.6 is 0 Å². The first-order chi connectivity index (χ1) is 11.3. The van der Waals surface area contributed by atoms with Gasteiger partial charge in [-0.25, -0.2) is 17.5 Å². The van der Waals surface area contributed by atoms with Crippen LogP contribution in [0.2, 0.25) is 0 Å². The van der Waals surface area contributed by atoms with Gasteiger partial charge in [0.25, 0.3) is 5.91 Å². The summed E-state index contributed by atoms with van der Waals surface area (Å²) in [5, 5.41) is 3.39. The van der Waals surface area contributed by atoms with Gasteiger partial charge in [0.1, 0.15) is 11.1 Å². The van der Waals surface area contributed by atoms with Gasteiger partial charge in [-0.3, -0.25) is 4.79 Å². The molecule has 1 atom stereocenters. The highest BCUT2D eigenvalue weighted by Gasteiger charge is 2.27. The first-order valence-electron chi connectivity index (χ1n) is 7.63. The van der Waals surface area contributed by atoms with Crippen LogP contribution in [0.5, 0.6) is 0 Å². The molecule has 0 aliphatic carbocycles. The number of carbonyl (C=O) groups excluding carboxylic acids is 1. The van der Waals surface area contributed by atoms with Gasteiger partial charge in [0.2, 0.25) is 10.0 Å². The number of sulfonamides is 1. The molecule has 1 aliphatic rings. The minimum absolute atomic E-state index is 0.0785. The second-order valence-electron chi connectivity index (χ2n) is 5.92. The van der Waals surface area contributed by atoms with Crippen molar-refractivity contribution in [3.05, 3.63) is 46.3 Å². The van der Waals surface area contributed by atoms with E-state index in [0.29, 0.717) is 30.4 Å². The van der Waals surface area contributed by atoms with E-state index in [0.717, 1.165) is 6.26 Å². The zero-order valence-corrected chi connectivity index (χ0v) is 14.0. The second-order valence-corrected chi connectivity index (χ2v) is 7.90. The Hall–Kier alpha value is -2.19. The molecular weight excluding hydrogens is 332 g/mol. The van der Waals surface area contributed by atoms with Gasteiger partial charge in [-0.2, -0.15) is 0 Å². The second kappa shape index (κ2) is 6.37. The Morgan fingerprint density at radius 2 is 2.08 bits per heavy atom. The summed E-state index contributed by atoms with van der Waals surface area (Å²) >= 11 is 0. The van der Waals surface area contributed by atoms with Crippen molar-refractivity contribution in [2.75, 3.05) is 19.3 Å². The number of nitrogens with one attached hydrogen (secondary N) is 1. The first-order valence-corrected chi connectivity index (χ1v) is 9.48. The molecule has 128 valence electrons. The smallest absolute Gasteiger partial charge is 0.349 e. The number of hydrogen-bond acceptors (Lipinski definition) is 5. The lowest BCUT2D eigenvalue weighted by atomic mass is 10.1. The van der Waals surface area contributed by atoms with Crippen LogP contribution in [0.4, 0.5) is 0 Å². The maximum atomic E-state index is 12.4. The summed E-state index contributed by atoms with van der Waals surface area (Å²) in [6.07, 6.45) is 2.47. The molecule has 1 N–H and O–H groups in total.